The quantitative estimate of drug-likeness (QED) is 0.782. The molecule has 0 saturated heterocycles. The molecule has 0 spiro atoms. The summed E-state index contributed by atoms with van der Waals surface area (Å²) < 4.78 is 5.47. The summed E-state index contributed by atoms with van der Waals surface area (Å²) in [6.07, 6.45) is 0.615. The van der Waals surface area contributed by atoms with Crippen molar-refractivity contribution in [2.45, 2.75) is 39.3 Å². The van der Waals surface area contributed by atoms with Gasteiger partial charge in [0, 0.05) is 25.1 Å². The average Bonchev–Trinajstić information content (AvgIpc) is 2.28. The Morgan fingerprint density at radius 1 is 1.33 bits per heavy atom. The topological polar surface area (TPSA) is 41.5 Å². The third kappa shape index (κ3) is 5.71. The molecule has 0 heterocycles. The lowest BCUT2D eigenvalue weighted by molar-refractivity contribution is 0.233. The standard InChI is InChI=1S/C14H22ClNO2/c1-14(2,3)16-10-11-5-6-13(12(15)9-11)18-8-4-7-17/h5-6,9,16-17H,4,7-8,10H2,1-3H3. The Morgan fingerprint density at radius 3 is 2.61 bits per heavy atom. The van der Waals surface area contributed by atoms with Crippen LogP contribution in [0.15, 0.2) is 18.2 Å². The molecular formula is C14H22ClNO2. The monoisotopic (exact) mass is 271 g/mol. The number of aliphatic hydroxyl groups is 1. The molecule has 1 rings (SSSR count). The van der Waals surface area contributed by atoms with Gasteiger partial charge in [-0.25, -0.2) is 0 Å². The first kappa shape index (κ1) is 15.3. The Bertz CT molecular complexity index is 375. The van der Waals surface area contributed by atoms with Gasteiger partial charge in [0.25, 0.3) is 0 Å². The summed E-state index contributed by atoms with van der Waals surface area (Å²) in [5, 5.41) is 12.7. The first-order valence-corrected chi connectivity index (χ1v) is 6.57. The van der Waals surface area contributed by atoms with Crippen LogP contribution >= 0.6 is 11.6 Å². The zero-order chi connectivity index (χ0) is 13.6. The van der Waals surface area contributed by atoms with E-state index in [0.717, 1.165) is 12.1 Å². The van der Waals surface area contributed by atoms with E-state index in [-0.39, 0.29) is 12.1 Å². The average molecular weight is 272 g/mol. The minimum atomic E-state index is 0.0861. The molecule has 3 nitrogen and oxygen atoms in total. The number of rotatable bonds is 6. The number of nitrogens with one attached hydrogen (secondary N) is 1. The van der Waals surface area contributed by atoms with Crippen LogP contribution in [0.2, 0.25) is 5.02 Å². The molecule has 0 bridgehead atoms. The SMILES string of the molecule is CC(C)(C)NCc1ccc(OCCCO)c(Cl)c1. The van der Waals surface area contributed by atoms with Crippen LogP contribution in [-0.4, -0.2) is 23.9 Å². The highest BCUT2D eigenvalue weighted by Crippen LogP contribution is 2.25. The summed E-state index contributed by atoms with van der Waals surface area (Å²) >= 11 is 6.14. The van der Waals surface area contributed by atoms with Crippen LogP contribution in [0.3, 0.4) is 0 Å². The second-order valence-corrected chi connectivity index (χ2v) is 5.70. The number of halogens is 1. The molecule has 102 valence electrons. The van der Waals surface area contributed by atoms with Gasteiger partial charge in [0.1, 0.15) is 5.75 Å². The lowest BCUT2D eigenvalue weighted by Gasteiger charge is -2.20. The van der Waals surface area contributed by atoms with Crippen molar-refractivity contribution in [1.82, 2.24) is 5.32 Å². The van der Waals surface area contributed by atoms with Crippen molar-refractivity contribution in [1.29, 1.82) is 0 Å². The molecule has 0 aromatic heterocycles. The number of hydrogen-bond acceptors (Lipinski definition) is 3. The summed E-state index contributed by atoms with van der Waals surface area (Å²) in [7, 11) is 0. The molecule has 0 fully saturated rings. The molecular weight excluding hydrogens is 250 g/mol. The summed E-state index contributed by atoms with van der Waals surface area (Å²) in [6, 6.07) is 5.78. The maximum absolute atomic E-state index is 8.68. The number of hydrogen-bond donors (Lipinski definition) is 2. The van der Waals surface area contributed by atoms with Crippen LogP contribution in [0.4, 0.5) is 0 Å². The van der Waals surface area contributed by atoms with Crippen molar-refractivity contribution in [3.63, 3.8) is 0 Å². The van der Waals surface area contributed by atoms with Crippen LogP contribution in [0.5, 0.6) is 5.75 Å². The van der Waals surface area contributed by atoms with E-state index in [2.05, 4.69) is 26.1 Å². The van der Waals surface area contributed by atoms with Crippen LogP contribution in [-0.2, 0) is 6.54 Å². The van der Waals surface area contributed by atoms with Crippen LogP contribution < -0.4 is 10.1 Å². The Hall–Kier alpha value is -0.770. The highest BCUT2D eigenvalue weighted by atomic mass is 35.5. The van der Waals surface area contributed by atoms with Gasteiger partial charge in [0.05, 0.1) is 11.6 Å². The predicted molar refractivity (Wildman–Crippen MR) is 75.2 cm³/mol. The van der Waals surface area contributed by atoms with Crippen molar-refractivity contribution in [3.05, 3.63) is 28.8 Å². The van der Waals surface area contributed by atoms with Crippen LogP contribution in [0.25, 0.3) is 0 Å². The number of benzene rings is 1. The van der Waals surface area contributed by atoms with Gasteiger partial charge in [-0.15, -0.1) is 0 Å². The second-order valence-electron chi connectivity index (χ2n) is 5.29. The number of aliphatic hydroxyl groups excluding tert-OH is 1. The normalized spacial score (nSPS) is 11.6. The maximum Gasteiger partial charge on any atom is 0.137 e. The Morgan fingerprint density at radius 2 is 2.06 bits per heavy atom. The smallest absolute Gasteiger partial charge is 0.137 e. The largest absolute Gasteiger partial charge is 0.492 e. The summed E-state index contributed by atoms with van der Waals surface area (Å²) in [4.78, 5) is 0. The van der Waals surface area contributed by atoms with Crippen molar-refractivity contribution < 1.29 is 9.84 Å². The van der Waals surface area contributed by atoms with E-state index in [1.165, 1.54) is 0 Å². The molecule has 18 heavy (non-hydrogen) atoms. The second kappa shape index (κ2) is 6.98. The van der Waals surface area contributed by atoms with Gasteiger partial charge in [-0.2, -0.15) is 0 Å². The fourth-order valence-corrected chi connectivity index (χ4v) is 1.64. The van der Waals surface area contributed by atoms with E-state index in [1.54, 1.807) is 0 Å². The van der Waals surface area contributed by atoms with Gasteiger partial charge in [0.15, 0.2) is 0 Å². The molecule has 1 aromatic carbocycles. The van der Waals surface area contributed by atoms with E-state index >= 15 is 0 Å². The van der Waals surface area contributed by atoms with Gasteiger partial charge < -0.3 is 15.2 Å². The maximum atomic E-state index is 8.68. The molecule has 0 aliphatic carbocycles. The Balaban J connectivity index is 2.56. The van der Waals surface area contributed by atoms with E-state index in [9.17, 15) is 0 Å². The van der Waals surface area contributed by atoms with Crippen LogP contribution in [0, 0.1) is 0 Å². The zero-order valence-electron chi connectivity index (χ0n) is 11.3. The molecule has 2 N–H and O–H groups in total. The highest BCUT2D eigenvalue weighted by Gasteiger charge is 2.09. The highest BCUT2D eigenvalue weighted by molar-refractivity contribution is 6.32. The first-order chi connectivity index (χ1) is 8.42. The lowest BCUT2D eigenvalue weighted by Crippen LogP contribution is -2.35. The fraction of sp³-hybridized carbons (Fsp3) is 0.571. The van der Waals surface area contributed by atoms with Crippen molar-refractivity contribution in [3.8, 4) is 5.75 Å². The molecule has 0 amide bonds. The third-order valence-corrected chi connectivity index (χ3v) is 2.67. The minimum Gasteiger partial charge on any atom is -0.492 e. The zero-order valence-corrected chi connectivity index (χ0v) is 12.0. The molecule has 4 heteroatoms. The Labute approximate surface area is 114 Å². The first-order valence-electron chi connectivity index (χ1n) is 6.19. The van der Waals surface area contributed by atoms with Crippen molar-refractivity contribution in [2.75, 3.05) is 13.2 Å². The summed E-state index contributed by atoms with van der Waals surface area (Å²) in [5.74, 6) is 0.671. The van der Waals surface area contributed by atoms with E-state index in [4.69, 9.17) is 21.4 Å². The predicted octanol–water partition coefficient (Wildman–Crippen LogP) is 2.99. The van der Waals surface area contributed by atoms with Gasteiger partial charge in [-0.05, 0) is 38.5 Å². The Kier molecular flexibility index (Phi) is 5.93. The van der Waals surface area contributed by atoms with E-state index in [0.29, 0.717) is 23.8 Å². The fourth-order valence-electron chi connectivity index (χ4n) is 1.39. The van der Waals surface area contributed by atoms with Crippen molar-refractivity contribution >= 4 is 11.6 Å². The van der Waals surface area contributed by atoms with Gasteiger partial charge in [0.2, 0.25) is 0 Å². The minimum absolute atomic E-state index is 0.0861. The van der Waals surface area contributed by atoms with E-state index in [1.807, 2.05) is 18.2 Å². The molecule has 0 unspecified atom stereocenters. The van der Waals surface area contributed by atoms with Crippen LogP contribution in [0.1, 0.15) is 32.8 Å². The van der Waals surface area contributed by atoms with Gasteiger partial charge in [-0.3, -0.25) is 0 Å². The van der Waals surface area contributed by atoms with Gasteiger partial charge >= 0.3 is 0 Å². The van der Waals surface area contributed by atoms with E-state index < -0.39 is 0 Å². The third-order valence-electron chi connectivity index (χ3n) is 2.38. The molecule has 0 atom stereocenters. The molecule has 0 radical (unpaired) electrons. The van der Waals surface area contributed by atoms with Gasteiger partial charge in [-0.1, -0.05) is 17.7 Å². The summed E-state index contributed by atoms with van der Waals surface area (Å²) in [5.41, 5.74) is 1.22. The van der Waals surface area contributed by atoms with Crippen molar-refractivity contribution in [2.24, 2.45) is 0 Å². The molecule has 0 saturated carbocycles. The molecule has 0 aliphatic rings. The lowest BCUT2D eigenvalue weighted by atomic mass is 10.1. The number of ether oxygens (including phenoxy) is 1. The molecule has 0 aliphatic heterocycles. The molecule has 1 aromatic rings. The summed E-state index contributed by atoms with van der Waals surface area (Å²) in [6.45, 7) is 7.77.